The molecule has 1 aliphatic carbocycles. The van der Waals surface area contributed by atoms with Gasteiger partial charge < -0.3 is 14.8 Å². The lowest BCUT2D eigenvalue weighted by Crippen LogP contribution is -2.35. The van der Waals surface area contributed by atoms with Crippen molar-refractivity contribution in [3.05, 3.63) is 40.2 Å². The van der Waals surface area contributed by atoms with E-state index in [9.17, 15) is 19.5 Å². The number of carboxylic acid groups (broad SMARTS) is 1. The van der Waals surface area contributed by atoms with E-state index >= 15 is 0 Å². The van der Waals surface area contributed by atoms with Crippen molar-refractivity contribution in [2.75, 3.05) is 5.32 Å². The van der Waals surface area contributed by atoms with E-state index in [-0.39, 0.29) is 12.3 Å². The first-order chi connectivity index (χ1) is 12.4. The molecule has 26 heavy (non-hydrogen) atoms. The van der Waals surface area contributed by atoms with Crippen molar-refractivity contribution in [1.82, 2.24) is 0 Å². The van der Waals surface area contributed by atoms with Crippen LogP contribution in [0, 0.1) is 12.3 Å². The maximum absolute atomic E-state index is 12.5. The van der Waals surface area contributed by atoms with E-state index in [0.717, 1.165) is 36.6 Å². The van der Waals surface area contributed by atoms with Gasteiger partial charge in [-0.15, -0.1) is 0 Å². The van der Waals surface area contributed by atoms with Crippen LogP contribution in [0.1, 0.15) is 50.5 Å². The highest BCUT2D eigenvalue weighted by Gasteiger charge is 2.40. The predicted octanol–water partition coefficient (Wildman–Crippen LogP) is 3.86. The number of aliphatic carboxylic acids is 1. The van der Waals surface area contributed by atoms with Crippen molar-refractivity contribution in [1.29, 1.82) is 0 Å². The first-order valence-electron chi connectivity index (χ1n) is 8.97. The normalized spacial score (nSPS) is 16.8. The standard InChI is InChI=1S/C20H23NO5/c1-13-10-18(23)26-16-11-14(6-7-15(13)16)21-17(22)12-20(19(24)25)8-4-2-3-5-9-20/h6-7,10-11H,2-5,8-9,12H2,1H3,(H,21,22)(H,24,25). The van der Waals surface area contributed by atoms with Crippen LogP contribution in [0.4, 0.5) is 5.69 Å². The minimum Gasteiger partial charge on any atom is -0.481 e. The Morgan fingerprint density at radius 3 is 2.50 bits per heavy atom. The van der Waals surface area contributed by atoms with Crippen molar-refractivity contribution in [2.45, 2.75) is 51.9 Å². The van der Waals surface area contributed by atoms with Gasteiger partial charge in [-0.2, -0.15) is 0 Å². The van der Waals surface area contributed by atoms with Gasteiger partial charge in [-0.05, 0) is 37.5 Å². The van der Waals surface area contributed by atoms with Gasteiger partial charge in [0.05, 0.1) is 5.41 Å². The van der Waals surface area contributed by atoms with Crippen molar-refractivity contribution in [2.24, 2.45) is 5.41 Å². The molecule has 6 heteroatoms. The van der Waals surface area contributed by atoms with Crippen LogP contribution in [-0.2, 0) is 9.59 Å². The van der Waals surface area contributed by atoms with Crippen molar-refractivity contribution < 1.29 is 19.1 Å². The number of benzene rings is 1. The Hall–Kier alpha value is -2.63. The van der Waals surface area contributed by atoms with Crippen molar-refractivity contribution in [3.63, 3.8) is 0 Å². The summed E-state index contributed by atoms with van der Waals surface area (Å²) in [4.78, 5) is 35.9. The molecule has 6 nitrogen and oxygen atoms in total. The van der Waals surface area contributed by atoms with Crippen LogP contribution in [-0.4, -0.2) is 17.0 Å². The van der Waals surface area contributed by atoms with E-state index in [1.807, 2.05) is 6.92 Å². The van der Waals surface area contributed by atoms with Crippen LogP contribution in [0.15, 0.2) is 33.5 Å². The van der Waals surface area contributed by atoms with E-state index < -0.39 is 17.0 Å². The topological polar surface area (TPSA) is 96.6 Å². The summed E-state index contributed by atoms with van der Waals surface area (Å²) < 4.78 is 5.19. The monoisotopic (exact) mass is 357 g/mol. The molecular formula is C20H23NO5. The summed E-state index contributed by atoms with van der Waals surface area (Å²) in [7, 11) is 0. The maximum Gasteiger partial charge on any atom is 0.336 e. The van der Waals surface area contributed by atoms with Gasteiger partial charge in [0.15, 0.2) is 0 Å². The zero-order valence-electron chi connectivity index (χ0n) is 14.8. The van der Waals surface area contributed by atoms with Crippen molar-refractivity contribution in [3.8, 4) is 0 Å². The molecule has 1 heterocycles. The lowest BCUT2D eigenvalue weighted by atomic mass is 9.77. The molecule has 1 fully saturated rings. The number of aryl methyl sites for hydroxylation is 1. The third-order valence-electron chi connectivity index (χ3n) is 5.25. The summed E-state index contributed by atoms with van der Waals surface area (Å²) >= 11 is 0. The van der Waals surface area contributed by atoms with Crippen LogP contribution >= 0.6 is 0 Å². The molecule has 1 aromatic carbocycles. The van der Waals surface area contributed by atoms with Crippen LogP contribution in [0.2, 0.25) is 0 Å². The van der Waals surface area contributed by atoms with Crippen LogP contribution in [0.5, 0.6) is 0 Å². The number of nitrogens with one attached hydrogen (secondary N) is 1. The molecule has 1 aromatic heterocycles. The fourth-order valence-electron chi connectivity index (χ4n) is 3.79. The molecule has 0 saturated heterocycles. The molecule has 1 amide bonds. The number of fused-ring (bicyclic) bond motifs is 1. The Morgan fingerprint density at radius 1 is 1.15 bits per heavy atom. The molecule has 2 aromatic rings. The third kappa shape index (κ3) is 3.79. The van der Waals surface area contributed by atoms with E-state index in [2.05, 4.69) is 5.32 Å². The minimum atomic E-state index is -0.986. The van der Waals surface area contributed by atoms with E-state index in [1.54, 1.807) is 18.2 Å². The lowest BCUT2D eigenvalue weighted by molar-refractivity contribution is -0.152. The zero-order valence-corrected chi connectivity index (χ0v) is 14.8. The molecule has 1 aliphatic rings. The molecule has 1 saturated carbocycles. The number of hydrogen-bond donors (Lipinski definition) is 2. The zero-order chi connectivity index (χ0) is 18.7. The van der Waals surface area contributed by atoms with E-state index in [1.165, 1.54) is 6.07 Å². The lowest BCUT2D eigenvalue weighted by Gasteiger charge is -2.27. The number of carbonyl (C=O) groups excluding carboxylic acids is 1. The van der Waals surface area contributed by atoms with Crippen LogP contribution in [0.25, 0.3) is 11.0 Å². The Bertz CT molecular complexity index is 891. The summed E-state index contributed by atoms with van der Waals surface area (Å²) in [5.74, 6) is -1.22. The smallest absolute Gasteiger partial charge is 0.336 e. The molecular weight excluding hydrogens is 334 g/mol. The summed E-state index contributed by atoms with van der Waals surface area (Å²) in [6.45, 7) is 1.82. The Morgan fingerprint density at radius 2 is 1.85 bits per heavy atom. The van der Waals surface area contributed by atoms with Gasteiger partial charge in [0.25, 0.3) is 0 Å². The molecule has 0 unspecified atom stereocenters. The summed E-state index contributed by atoms with van der Waals surface area (Å²) in [5, 5.41) is 13.3. The summed E-state index contributed by atoms with van der Waals surface area (Å²) in [6.07, 6.45) is 4.71. The van der Waals surface area contributed by atoms with Gasteiger partial charge in [0.2, 0.25) is 5.91 Å². The summed E-state index contributed by atoms with van der Waals surface area (Å²) in [5.41, 5.74) is 0.264. The molecule has 0 spiro atoms. The highest BCUT2D eigenvalue weighted by atomic mass is 16.4. The Kier molecular flexibility index (Phi) is 5.11. The Labute approximate surface area is 151 Å². The predicted molar refractivity (Wildman–Crippen MR) is 98.2 cm³/mol. The first kappa shape index (κ1) is 18.2. The number of carbonyl (C=O) groups is 2. The molecule has 0 bridgehead atoms. The average molecular weight is 357 g/mol. The highest BCUT2D eigenvalue weighted by Crippen LogP contribution is 2.38. The van der Waals surface area contributed by atoms with Gasteiger partial charge in [-0.1, -0.05) is 25.7 Å². The Balaban J connectivity index is 1.79. The number of amides is 1. The molecule has 2 N–H and O–H groups in total. The SMILES string of the molecule is Cc1cc(=O)oc2cc(NC(=O)CC3(C(=O)O)CCCCCC3)ccc12. The first-order valence-corrected chi connectivity index (χ1v) is 8.97. The minimum absolute atomic E-state index is 0.0435. The average Bonchev–Trinajstić information content (AvgIpc) is 2.80. The molecule has 0 radical (unpaired) electrons. The molecule has 3 rings (SSSR count). The van der Waals surface area contributed by atoms with Crippen molar-refractivity contribution >= 4 is 28.5 Å². The van der Waals surface area contributed by atoms with Gasteiger partial charge in [0.1, 0.15) is 5.58 Å². The number of rotatable bonds is 4. The fraction of sp³-hybridized carbons (Fsp3) is 0.450. The highest BCUT2D eigenvalue weighted by molar-refractivity contribution is 5.96. The molecule has 0 aliphatic heterocycles. The second-order valence-corrected chi connectivity index (χ2v) is 7.18. The number of anilines is 1. The van der Waals surface area contributed by atoms with Gasteiger partial charge in [0, 0.05) is 29.6 Å². The third-order valence-corrected chi connectivity index (χ3v) is 5.25. The second kappa shape index (κ2) is 7.32. The number of carboxylic acids is 1. The largest absolute Gasteiger partial charge is 0.481 e. The fourth-order valence-corrected chi connectivity index (χ4v) is 3.79. The summed E-state index contributed by atoms with van der Waals surface area (Å²) in [6, 6.07) is 6.53. The molecule has 0 atom stereocenters. The quantitative estimate of drug-likeness (QED) is 0.640. The number of hydrogen-bond acceptors (Lipinski definition) is 4. The van der Waals surface area contributed by atoms with Gasteiger partial charge >= 0.3 is 11.6 Å². The maximum atomic E-state index is 12.5. The van der Waals surface area contributed by atoms with Gasteiger partial charge in [-0.3, -0.25) is 9.59 Å². The second-order valence-electron chi connectivity index (χ2n) is 7.18. The van der Waals surface area contributed by atoms with Crippen LogP contribution < -0.4 is 10.9 Å². The molecule has 138 valence electrons. The van der Waals surface area contributed by atoms with E-state index in [0.29, 0.717) is 24.1 Å². The van der Waals surface area contributed by atoms with Crippen LogP contribution in [0.3, 0.4) is 0 Å². The van der Waals surface area contributed by atoms with E-state index in [4.69, 9.17) is 4.42 Å². The van der Waals surface area contributed by atoms with Gasteiger partial charge in [-0.25, -0.2) is 4.79 Å².